The van der Waals surface area contributed by atoms with E-state index in [4.69, 9.17) is 9.94 Å². The molecule has 0 fully saturated rings. The topological polar surface area (TPSA) is 41.8 Å². The van der Waals surface area contributed by atoms with Gasteiger partial charge in [0.25, 0.3) is 0 Å². The Morgan fingerprint density at radius 1 is 1.05 bits per heavy atom. The summed E-state index contributed by atoms with van der Waals surface area (Å²) in [6.45, 7) is 4.23. The average molecular weight is 253 g/mol. The number of nitrogens with zero attached hydrogens (tertiary/aromatic N) is 1. The van der Waals surface area contributed by atoms with Crippen LogP contribution in [-0.4, -0.2) is 11.4 Å². The largest absolute Gasteiger partial charge is 0.488 e. The van der Waals surface area contributed by atoms with Crippen LogP contribution in [0.15, 0.2) is 60.3 Å². The summed E-state index contributed by atoms with van der Waals surface area (Å²) in [6.07, 6.45) is 3.16. The zero-order chi connectivity index (χ0) is 13.5. The number of benzene rings is 2. The molecule has 0 radical (unpaired) electrons. The monoisotopic (exact) mass is 253 g/mol. The smallest absolute Gasteiger partial charge is 0.128 e. The van der Waals surface area contributed by atoms with Gasteiger partial charge in [0.15, 0.2) is 0 Å². The molecule has 0 saturated carbocycles. The van der Waals surface area contributed by atoms with Gasteiger partial charge >= 0.3 is 0 Å². The van der Waals surface area contributed by atoms with Crippen molar-refractivity contribution in [1.29, 1.82) is 0 Å². The van der Waals surface area contributed by atoms with E-state index in [1.165, 1.54) is 6.21 Å². The summed E-state index contributed by atoms with van der Waals surface area (Å²) >= 11 is 0. The van der Waals surface area contributed by atoms with Crippen molar-refractivity contribution in [3.8, 4) is 5.75 Å². The van der Waals surface area contributed by atoms with E-state index in [0.29, 0.717) is 12.4 Å². The number of hydrogen-bond donors (Lipinski definition) is 1. The molecule has 2 aromatic carbocycles. The number of rotatable bonds is 5. The lowest BCUT2D eigenvalue weighted by molar-refractivity contribution is 0.304. The molecule has 0 aromatic heterocycles. The third kappa shape index (κ3) is 3.22. The van der Waals surface area contributed by atoms with Gasteiger partial charge in [-0.3, -0.25) is 0 Å². The fraction of sp³-hybridized carbons (Fsp3) is 0.0625. The minimum Gasteiger partial charge on any atom is -0.488 e. The third-order valence-electron chi connectivity index (χ3n) is 2.77. The van der Waals surface area contributed by atoms with Crippen molar-refractivity contribution < 1.29 is 9.94 Å². The quantitative estimate of drug-likeness (QED) is 0.501. The molecule has 0 aliphatic rings. The second-order valence-corrected chi connectivity index (χ2v) is 3.97. The van der Waals surface area contributed by atoms with Gasteiger partial charge < -0.3 is 9.94 Å². The Hall–Kier alpha value is -2.55. The fourth-order valence-electron chi connectivity index (χ4n) is 1.80. The van der Waals surface area contributed by atoms with Crippen molar-refractivity contribution in [2.45, 2.75) is 6.61 Å². The van der Waals surface area contributed by atoms with Crippen LogP contribution in [0, 0.1) is 0 Å². The van der Waals surface area contributed by atoms with Crippen molar-refractivity contribution >= 4 is 12.3 Å². The Kier molecular flexibility index (Phi) is 4.34. The summed E-state index contributed by atoms with van der Waals surface area (Å²) in [5.74, 6) is 0.680. The first-order chi connectivity index (χ1) is 9.35. The molecule has 0 bridgehead atoms. The predicted molar refractivity (Wildman–Crippen MR) is 76.7 cm³/mol. The summed E-state index contributed by atoms with van der Waals surface area (Å²) in [6, 6.07) is 15.3. The highest BCUT2D eigenvalue weighted by atomic mass is 16.5. The first kappa shape index (κ1) is 12.9. The van der Waals surface area contributed by atoms with Crippen LogP contribution in [0.4, 0.5) is 0 Å². The molecule has 0 aliphatic heterocycles. The number of para-hydroxylation sites is 1. The lowest BCUT2D eigenvalue weighted by Crippen LogP contribution is -2.00. The van der Waals surface area contributed by atoms with Gasteiger partial charge in [-0.05, 0) is 23.3 Å². The normalized spacial score (nSPS) is 10.5. The molecule has 96 valence electrons. The molecule has 3 heteroatoms. The van der Waals surface area contributed by atoms with E-state index in [2.05, 4.69) is 11.7 Å². The number of oxime groups is 1. The van der Waals surface area contributed by atoms with Crippen molar-refractivity contribution in [1.82, 2.24) is 0 Å². The minimum atomic E-state index is 0.443. The lowest BCUT2D eigenvalue weighted by atomic mass is 10.1. The maximum Gasteiger partial charge on any atom is 0.128 e. The van der Waals surface area contributed by atoms with E-state index >= 15 is 0 Å². The van der Waals surface area contributed by atoms with E-state index in [-0.39, 0.29) is 0 Å². The molecule has 19 heavy (non-hydrogen) atoms. The van der Waals surface area contributed by atoms with E-state index < -0.39 is 0 Å². The minimum absolute atomic E-state index is 0.443. The lowest BCUT2D eigenvalue weighted by Gasteiger charge is -2.10. The zero-order valence-electron chi connectivity index (χ0n) is 10.5. The van der Waals surface area contributed by atoms with Gasteiger partial charge in [0.2, 0.25) is 0 Å². The molecule has 0 spiro atoms. The SMILES string of the molecule is C=Cc1ccccc1COc1ccccc1/C=N\O. The summed E-state index contributed by atoms with van der Waals surface area (Å²) in [5, 5.41) is 11.6. The second kappa shape index (κ2) is 6.40. The van der Waals surface area contributed by atoms with Crippen LogP contribution in [0.25, 0.3) is 6.08 Å². The van der Waals surface area contributed by atoms with Crippen molar-refractivity contribution in [2.24, 2.45) is 5.16 Å². The van der Waals surface area contributed by atoms with Crippen molar-refractivity contribution in [3.63, 3.8) is 0 Å². The maximum absolute atomic E-state index is 8.61. The number of hydrogen-bond acceptors (Lipinski definition) is 3. The Morgan fingerprint density at radius 2 is 1.74 bits per heavy atom. The van der Waals surface area contributed by atoms with Gasteiger partial charge in [-0.1, -0.05) is 54.2 Å². The standard InChI is InChI=1S/C16H15NO2/c1-2-13-7-3-4-9-15(13)12-19-16-10-6-5-8-14(16)11-17-18/h2-11,18H,1,12H2/b17-11-. The Labute approximate surface area is 112 Å². The second-order valence-electron chi connectivity index (χ2n) is 3.97. The highest BCUT2D eigenvalue weighted by molar-refractivity contribution is 5.82. The molecule has 0 unspecified atom stereocenters. The van der Waals surface area contributed by atoms with Crippen LogP contribution < -0.4 is 4.74 Å². The predicted octanol–water partition coefficient (Wildman–Crippen LogP) is 3.72. The molecule has 1 N–H and O–H groups in total. The van der Waals surface area contributed by atoms with Gasteiger partial charge in [-0.2, -0.15) is 0 Å². The fourth-order valence-corrected chi connectivity index (χ4v) is 1.80. The summed E-state index contributed by atoms with van der Waals surface area (Å²) in [4.78, 5) is 0. The van der Waals surface area contributed by atoms with Crippen LogP contribution in [-0.2, 0) is 6.61 Å². The number of ether oxygens (including phenoxy) is 1. The molecule has 0 aliphatic carbocycles. The summed E-state index contributed by atoms with van der Waals surface area (Å²) in [7, 11) is 0. The van der Waals surface area contributed by atoms with Crippen LogP contribution in [0.5, 0.6) is 5.75 Å². The van der Waals surface area contributed by atoms with Gasteiger partial charge in [0.1, 0.15) is 12.4 Å². The molecule has 2 aromatic rings. The van der Waals surface area contributed by atoms with Crippen LogP contribution in [0.3, 0.4) is 0 Å². The molecule has 2 rings (SSSR count). The van der Waals surface area contributed by atoms with Crippen molar-refractivity contribution in [3.05, 3.63) is 71.8 Å². The molecule has 0 atom stereocenters. The molecule has 0 amide bonds. The van der Waals surface area contributed by atoms with Gasteiger partial charge in [0.05, 0.1) is 6.21 Å². The Balaban J connectivity index is 2.17. The average Bonchev–Trinajstić information content (AvgIpc) is 2.47. The first-order valence-corrected chi connectivity index (χ1v) is 5.94. The molecular weight excluding hydrogens is 238 g/mol. The highest BCUT2D eigenvalue weighted by Crippen LogP contribution is 2.19. The van der Waals surface area contributed by atoms with Gasteiger partial charge in [-0.25, -0.2) is 0 Å². The first-order valence-electron chi connectivity index (χ1n) is 5.94. The maximum atomic E-state index is 8.61. The molecule has 0 heterocycles. The van der Waals surface area contributed by atoms with E-state index in [9.17, 15) is 0 Å². The van der Waals surface area contributed by atoms with E-state index in [1.807, 2.05) is 48.5 Å². The third-order valence-corrected chi connectivity index (χ3v) is 2.77. The van der Waals surface area contributed by atoms with E-state index in [1.54, 1.807) is 6.08 Å². The highest BCUT2D eigenvalue weighted by Gasteiger charge is 2.03. The molecule has 3 nitrogen and oxygen atoms in total. The van der Waals surface area contributed by atoms with E-state index in [0.717, 1.165) is 16.7 Å². The Bertz CT molecular complexity index is 591. The summed E-state index contributed by atoms with van der Waals surface area (Å²) < 4.78 is 5.77. The molecule has 0 saturated heterocycles. The summed E-state index contributed by atoms with van der Waals surface area (Å²) in [5.41, 5.74) is 2.85. The van der Waals surface area contributed by atoms with Gasteiger partial charge in [-0.15, -0.1) is 0 Å². The van der Waals surface area contributed by atoms with Crippen LogP contribution >= 0.6 is 0 Å². The van der Waals surface area contributed by atoms with Crippen LogP contribution in [0.1, 0.15) is 16.7 Å². The molecular formula is C16H15NO2. The Morgan fingerprint density at radius 3 is 2.47 bits per heavy atom. The zero-order valence-corrected chi connectivity index (χ0v) is 10.5. The van der Waals surface area contributed by atoms with Gasteiger partial charge in [0, 0.05) is 5.56 Å². The van der Waals surface area contributed by atoms with Crippen LogP contribution in [0.2, 0.25) is 0 Å². The van der Waals surface area contributed by atoms with Crippen molar-refractivity contribution in [2.75, 3.05) is 0 Å².